The summed E-state index contributed by atoms with van der Waals surface area (Å²) in [7, 11) is 0. The van der Waals surface area contributed by atoms with Crippen molar-refractivity contribution in [1.82, 2.24) is 10.3 Å². The predicted molar refractivity (Wildman–Crippen MR) is 83.0 cm³/mol. The molecule has 112 valence electrons. The second-order valence-corrected chi connectivity index (χ2v) is 6.19. The molecule has 0 aromatic carbocycles. The van der Waals surface area contributed by atoms with Crippen LogP contribution in [0, 0.1) is 5.92 Å². The molecule has 0 bridgehead atoms. The van der Waals surface area contributed by atoms with Crippen molar-refractivity contribution in [1.29, 1.82) is 0 Å². The van der Waals surface area contributed by atoms with E-state index in [9.17, 15) is 0 Å². The molecule has 1 aromatic heterocycles. The fourth-order valence-corrected chi connectivity index (χ4v) is 2.72. The number of hydrogen-bond donors (Lipinski definition) is 1. The number of ether oxygens (including phenoxy) is 1. The third-order valence-corrected chi connectivity index (χ3v) is 3.52. The van der Waals surface area contributed by atoms with Crippen LogP contribution in [0.3, 0.4) is 0 Å². The van der Waals surface area contributed by atoms with E-state index < -0.39 is 0 Å². The second kappa shape index (κ2) is 7.04. The van der Waals surface area contributed by atoms with Crippen molar-refractivity contribution < 1.29 is 4.74 Å². The summed E-state index contributed by atoms with van der Waals surface area (Å²) in [6.07, 6.45) is 4.41. The Balaban J connectivity index is 2.06. The minimum Gasteiger partial charge on any atom is -0.372 e. The highest BCUT2D eigenvalue weighted by Crippen LogP contribution is 2.23. The number of rotatable bonds is 5. The van der Waals surface area contributed by atoms with Gasteiger partial charge in [0.25, 0.3) is 0 Å². The van der Waals surface area contributed by atoms with Crippen molar-refractivity contribution in [2.45, 2.75) is 46.4 Å². The molecule has 1 aromatic rings. The lowest BCUT2D eigenvalue weighted by atomic mass is 10.1. The van der Waals surface area contributed by atoms with Crippen molar-refractivity contribution in [3.63, 3.8) is 0 Å². The zero-order chi connectivity index (χ0) is 14.5. The predicted octanol–water partition coefficient (Wildman–Crippen LogP) is 2.44. The van der Waals surface area contributed by atoms with E-state index in [2.05, 4.69) is 49.0 Å². The maximum absolute atomic E-state index is 5.81. The van der Waals surface area contributed by atoms with Gasteiger partial charge in [0.2, 0.25) is 0 Å². The van der Waals surface area contributed by atoms with Crippen LogP contribution in [-0.4, -0.2) is 36.8 Å². The molecular formula is C16H27N3O. The fraction of sp³-hybridized carbons (Fsp3) is 0.688. The summed E-state index contributed by atoms with van der Waals surface area (Å²) in [5.74, 6) is 0.670. The van der Waals surface area contributed by atoms with Gasteiger partial charge in [0.15, 0.2) is 0 Å². The Labute approximate surface area is 122 Å². The fourth-order valence-electron chi connectivity index (χ4n) is 2.72. The molecule has 1 N–H and O–H groups in total. The lowest BCUT2D eigenvalue weighted by Gasteiger charge is -2.37. The van der Waals surface area contributed by atoms with E-state index in [4.69, 9.17) is 4.74 Å². The average molecular weight is 277 g/mol. The highest BCUT2D eigenvalue weighted by Gasteiger charge is 2.23. The van der Waals surface area contributed by atoms with E-state index in [1.54, 1.807) is 0 Å². The summed E-state index contributed by atoms with van der Waals surface area (Å²) in [6, 6.07) is 2.12. The number of nitrogens with zero attached hydrogens (tertiary/aromatic N) is 2. The smallest absolute Gasteiger partial charge is 0.0726 e. The van der Waals surface area contributed by atoms with E-state index in [0.717, 1.165) is 26.2 Å². The Morgan fingerprint density at radius 1 is 1.35 bits per heavy atom. The summed E-state index contributed by atoms with van der Waals surface area (Å²) >= 11 is 0. The van der Waals surface area contributed by atoms with Gasteiger partial charge in [0.1, 0.15) is 0 Å². The minimum atomic E-state index is 0.274. The second-order valence-electron chi connectivity index (χ2n) is 6.19. The zero-order valence-corrected chi connectivity index (χ0v) is 13.1. The number of nitrogens with one attached hydrogen (secondary N) is 1. The van der Waals surface area contributed by atoms with Gasteiger partial charge in [-0.2, -0.15) is 0 Å². The highest BCUT2D eigenvalue weighted by atomic mass is 16.5. The topological polar surface area (TPSA) is 37.4 Å². The van der Waals surface area contributed by atoms with Crippen LogP contribution in [0.4, 0.5) is 5.69 Å². The lowest BCUT2D eigenvalue weighted by molar-refractivity contribution is -0.00528. The summed E-state index contributed by atoms with van der Waals surface area (Å²) in [5, 5.41) is 3.52. The van der Waals surface area contributed by atoms with Gasteiger partial charge >= 0.3 is 0 Å². The van der Waals surface area contributed by atoms with Gasteiger partial charge in [0.05, 0.1) is 24.1 Å². The maximum Gasteiger partial charge on any atom is 0.0726 e. The molecule has 1 aliphatic rings. The molecule has 1 aliphatic heterocycles. The molecule has 0 spiro atoms. The Hall–Kier alpha value is -1.13. The van der Waals surface area contributed by atoms with Crippen LogP contribution in [0.2, 0.25) is 0 Å². The summed E-state index contributed by atoms with van der Waals surface area (Å²) in [4.78, 5) is 6.70. The van der Waals surface area contributed by atoms with Crippen molar-refractivity contribution in [3.8, 4) is 0 Å². The number of pyridine rings is 1. The molecule has 0 aliphatic carbocycles. The van der Waals surface area contributed by atoms with Crippen LogP contribution in [0.25, 0.3) is 0 Å². The Kier molecular flexibility index (Phi) is 5.38. The number of morpholine rings is 1. The van der Waals surface area contributed by atoms with Crippen LogP contribution >= 0.6 is 0 Å². The van der Waals surface area contributed by atoms with Gasteiger partial charge in [-0.05, 0) is 37.9 Å². The van der Waals surface area contributed by atoms with E-state index >= 15 is 0 Å². The first kappa shape index (κ1) is 15.3. The minimum absolute atomic E-state index is 0.274. The number of aromatic nitrogens is 1. The highest BCUT2D eigenvalue weighted by molar-refractivity contribution is 5.52. The normalized spacial score (nSPS) is 23.4. The van der Waals surface area contributed by atoms with Gasteiger partial charge in [-0.25, -0.2) is 0 Å². The van der Waals surface area contributed by atoms with Crippen molar-refractivity contribution >= 4 is 5.69 Å². The molecule has 20 heavy (non-hydrogen) atoms. The SMILES string of the molecule is CC(C)CNCc1ccncc1N1C[C@@H](C)O[C@@H](C)C1. The van der Waals surface area contributed by atoms with Crippen molar-refractivity contribution in [2.75, 3.05) is 24.5 Å². The van der Waals surface area contributed by atoms with Crippen LogP contribution in [0.1, 0.15) is 33.3 Å². The number of hydrogen-bond acceptors (Lipinski definition) is 4. The number of anilines is 1. The molecule has 4 nitrogen and oxygen atoms in total. The Bertz CT molecular complexity index is 412. The van der Waals surface area contributed by atoms with Gasteiger partial charge in [-0.15, -0.1) is 0 Å². The lowest BCUT2D eigenvalue weighted by Crippen LogP contribution is -2.46. The van der Waals surface area contributed by atoms with E-state index in [0.29, 0.717) is 5.92 Å². The third kappa shape index (κ3) is 4.18. The van der Waals surface area contributed by atoms with E-state index in [1.807, 2.05) is 12.4 Å². The Morgan fingerprint density at radius 3 is 2.70 bits per heavy atom. The molecule has 0 saturated carbocycles. The quantitative estimate of drug-likeness (QED) is 0.897. The average Bonchev–Trinajstić information content (AvgIpc) is 2.37. The van der Waals surface area contributed by atoms with Gasteiger partial charge in [0, 0.05) is 25.8 Å². The molecule has 0 amide bonds. The van der Waals surface area contributed by atoms with Gasteiger partial charge < -0.3 is 15.0 Å². The first-order chi connectivity index (χ1) is 9.56. The van der Waals surface area contributed by atoms with E-state index in [1.165, 1.54) is 11.3 Å². The molecule has 0 radical (unpaired) electrons. The van der Waals surface area contributed by atoms with Crippen molar-refractivity contribution in [2.24, 2.45) is 5.92 Å². The maximum atomic E-state index is 5.81. The van der Waals surface area contributed by atoms with Gasteiger partial charge in [-0.3, -0.25) is 4.98 Å². The summed E-state index contributed by atoms with van der Waals surface area (Å²) in [5.41, 5.74) is 2.56. The molecule has 2 heterocycles. The standard InChI is InChI=1S/C16H27N3O/c1-12(2)7-18-8-15-5-6-17-9-16(15)19-10-13(3)20-14(4)11-19/h5-6,9,12-14,18H,7-8,10-11H2,1-4H3/t13-,14+. The van der Waals surface area contributed by atoms with Crippen molar-refractivity contribution in [3.05, 3.63) is 24.0 Å². The van der Waals surface area contributed by atoms with Gasteiger partial charge in [-0.1, -0.05) is 13.8 Å². The summed E-state index contributed by atoms with van der Waals surface area (Å²) < 4.78 is 5.81. The molecule has 1 saturated heterocycles. The molecule has 4 heteroatoms. The van der Waals surface area contributed by atoms with Crippen LogP contribution in [-0.2, 0) is 11.3 Å². The molecular weight excluding hydrogens is 250 g/mol. The molecule has 2 atom stereocenters. The third-order valence-electron chi connectivity index (χ3n) is 3.52. The Morgan fingerprint density at radius 2 is 2.05 bits per heavy atom. The van der Waals surface area contributed by atoms with Crippen LogP contribution in [0.5, 0.6) is 0 Å². The molecule has 1 fully saturated rings. The molecule has 2 rings (SSSR count). The first-order valence-corrected chi connectivity index (χ1v) is 7.60. The zero-order valence-electron chi connectivity index (χ0n) is 13.1. The van der Waals surface area contributed by atoms with E-state index in [-0.39, 0.29) is 12.2 Å². The van der Waals surface area contributed by atoms with Crippen LogP contribution < -0.4 is 10.2 Å². The monoisotopic (exact) mass is 277 g/mol. The molecule has 0 unspecified atom stereocenters. The first-order valence-electron chi connectivity index (χ1n) is 7.60. The summed E-state index contributed by atoms with van der Waals surface area (Å²) in [6.45, 7) is 12.5. The largest absolute Gasteiger partial charge is 0.372 e. The van der Waals surface area contributed by atoms with Crippen LogP contribution in [0.15, 0.2) is 18.5 Å².